The number of thiazole rings is 1. The zero-order valence-corrected chi connectivity index (χ0v) is 19.6. The summed E-state index contributed by atoms with van der Waals surface area (Å²) in [6.07, 6.45) is 1.76. The Morgan fingerprint density at radius 2 is 1.82 bits per heavy atom. The van der Waals surface area contributed by atoms with E-state index < -0.39 is 0 Å². The Balaban J connectivity index is 1.52. The van der Waals surface area contributed by atoms with Crippen LogP contribution in [0.5, 0.6) is 11.5 Å². The number of nitriles is 1. The molecule has 4 aromatic rings. The molecule has 0 aliphatic rings. The molecular weight excluding hydrogens is 444 g/mol. The molecule has 0 spiro atoms. The van der Waals surface area contributed by atoms with Crippen LogP contribution in [-0.4, -0.2) is 24.5 Å². The van der Waals surface area contributed by atoms with Gasteiger partial charge < -0.3 is 9.47 Å². The van der Waals surface area contributed by atoms with Crippen molar-refractivity contribution in [1.29, 1.82) is 5.26 Å². The second-order valence-electron chi connectivity index (χ2n) is 7.56. The number of carbonyl (C=O) groups is 1. The molecule has 0 saturated heterocycles. The average molecular weight is 467 g/mol. The number of allylic oxidation sites excluding steroid dienone is 1. The number of hydrogen-bond acceptors (Lipinski definition) is 6. The Morgan fingerprint density at radius 1 is 1.06 bits per heavy atom. The summed E-state index contributed by atoms with van der Waals surface area (Å²) in [5.74, 6) is 0.816. The molecule has 168 valence electrons. The lowest BCUT2D eigenvalue weighted by atomic mass is 10.1. The highest BCUT2D eigenvalue weighted by molar-refractivity contribution is 7.11. The standard InChI is InChI=1S/C28H22N2O3S/c1-19-8-11-21(12-9-19)24-18-34-28(30-24)23(16-29)14-20-10-13-26(27(15-20)32-2)33-17-25(31)22-6-4-3-5-7-22/h3-15,18H,17H2,1-2H3. The zero-order chi connectivity index (χ0) is 23.9. The van der Waals surface area contributed by atoms with Crippen LogP contribution in [0, 0.1) is 18.3 Å². The van der Waals surface area contributed by atoms with E-state index in [1.165, 1.54) is 24.0 Å². The van der Waals surface area contributed by atoms with Crippen molar-refractivity contribution in [3.63, 3.8) is 0 Å². The highest BCUT2D eigenvalue weighted by Crippen LogP contribution is 2.31. The number of aromatic nitrogens is 1. The minimum Gasteiger partial charge on any atom is -0.493 e. The third kappa shape index (κ3) is 5.40. The number of hydrogen-bond donors (Lipinski definition) is 0. The average Bonchev–Trinajstić information content (AvgIpc) is 3.37. The summed E-state index contributed by atoms with van der Waals surface area (Å²) in [6, 6.07) is 24.7. The van der Waals surface area contributed by atoms with Gasteiger partial charge in [-0.05, 0) is 30.7 Å². The van der Waals surface area contributed by atoms with Crippen molar-refractivity contribution in [2.75, 3.05) is 13.7 Å². The maximum atomic E-state index is 12.3. The Hall–Kier alpha value is -4.21. The lowest BCUT2D eigenvalue weighted by molar-refractivity contribution is 0.0919. The van der Waals surface area contributed by atoms with E-state index in [1.807, 2.05) is 60.8 Å². The lowest BCUT2D eigenvalue weighted by Crippen LogP contribution is -2.11. The summed E-state index contributed by atoms with van der Waals surface area (Å²) in [4.78, 5) is 17.0. The van der Waals surface area contributed by atoms with Gasteiger partial charge in [0.1, 0.15) is 11.1 Å². The number of carbonyl (C=O) groups excluding carboxylic acids is 1. The van der Waals surface area contributed by atoms with Gasteiger partial charge in [-0.15, -0.1) is 11.3 Å². The van der Waals surface area contributed by atoms with Crippen LogP contribution in [0.4, 0.5) is 0 Å². The maximum absolute atomic E-state index is 12.3. The van der Waals surface area contributed by atoms with Crippen molar-refractivity contribution in [3.05, 3.63) is 99.9 Å². The van der Waals surface area contributed by atoms with Crippen molar-refractivity contribution in [3.8, 4) is 28.8 Å². The predicted molar refractivity (Wildman–Crippen MR) is 135 cm³/mol. The van der Waals surface area contributed by atoms with Gasteiger partial charge in [0.25, 0.3) is 0 Å². The lowest BCUT2D eigenvalue weighted by Gasteiger charge is -2.11. The molecule has 0 fully saturated rings. The van der Waals surface area contributed by atoms with E-state index in [1.54, 1.807) is 30.3 Å². The van der Waals surface area contributed by atoms with Gasteiger partial charge in [-0.25, -0.2) is 4.98 Å². The van der Waals surface area contributed by atoms with Gasteiger partial charge >= 0.3 is 0 Å². The molecule has 0 N–H and O–H groups in total. The summed E-state index contributed by atoms with van der Waals surface area (Å²) in [6.45, 7) is 1.94. The summed E-state index contributed by atoms with van der Waals surface area (Å²) in [5, 5.41) is 12.3. The van der Waals surface area contributed by atoms with Crippen LogP contribution in [0.3, 0.4) is 0 Å². The van der Waals surface area contributed by atoms with Crippen molar-refractivity contribution in [2.45, 2.75) is 6.92 Å². The quantitative estimate of drug-likeness (QED) is 0.220. The molecule has 4 rings (SSSR count). The molecule has 0 unspecified atom stereocenters. The van der Waals surface area contributed by atoms with E-state index in [0.717, 1.165) is 16.8 Å². The molecule has 0 bridgehead atoms. The Bertz CT molecular complexity index is 1370. The van der Waals surface area contributed by atoms with Crippen molar-refractivity contribution < 1.29 is 14.3 Å². The van der Waals surface area contributed by atoms with E-state index in [4.69, 9.17) is 9.47 Å². The number of methoxy groups -OCH3 is 1. The third-order valence-electron chi connectivity index (χ3n) is 5.16. The summed E-state index contributed by atoms with van der Waals surface area (Å²) < 4.78 is 11.2. The molecule has 0 radical (unpaired) electrons. The van der Waals surface area contributed by atoms with Gasteiger partial charge in [-0.1, -0.05) is 66.2 Å². The van der Waals surface area contributed by atoms with E-state index in [0.29, 0.717) is 27.6 Å². The molecule has 0 saturated carbocycles. The fourth-order valence-corrected chi connectivity index (χ4v) is 4.10. The first-order valence-electron chi connectivity index (χ1n) is 10.6. The topological polar surface area (TPSA) is 72.2 Å². The van der Waals surface area contributed by atoms with Gasteiger partial charge in [0, 0.05) is 16.5 Å². The second kappa shape index (κ2) is 10.6. The van der Waals surface area contributed by atoms with Crippen LogP contribution >= 0.6 is 11.3 Å². The molecule has 1 aromatic heterocycles. The van der Waals surface area contributed by atoms with E-state index in [9.17, 15) is 10.1 Å². The van der Waals surface area contributed by atoms with Crippen LogP contribution in [-0.2, 0) is 0 Å². The highest BCUT2D eigenvalue weighted by atomic mass is 32.1. The van der Waals surface area contributed by atoms with Gasteiger partial charge in [0.15, 0.2) is 23.9 Å². The number of aryl methyl sites for hydroxylation is 1. The van der Waals surface area contributed by atoms with Crippen LogP contribution < -0.4 is 9.47 Å². The zero-order valence-electron chi connectivity index (χ0n) is 18.8. The van der Waals surface area contributed by atoms with Gasteiger partial charge in [0.2, 0.25) is 0 Å². The monoisotopic (exact) mass is 466 g/mol. The van der Waals surface area contributed by atoms with Crippen molar-refractivity contribution in [2.24, 2.45) is 0 Å². The normalized spacial score (nSPS) is 11.0. The van der Waals surface area contributed by atoms with Gasteiger partial charge in [0.05, 0.1) is 18.4 Å². The van der Waals surface area contributed by atoms with Crippen LogP contribution in [0.25, 0.3) is 22.9 Å². The fraction of sp³-hybridized carbons (Fsp3) is 0.107. The van der Waals surface area contributed by atoms with Crippen molar-refractivity contribution >= 4 is 28.8 Å². The number of ketones is 1. The number of Topliss-reactive ketones (excluding diaryl/α,β-unsaturated/α-hetero) is 1. The molecule has 0 aliphatic heterocycles. The Kier molecular flexibility index (Phi) is 7.16. The Labute approximate surface area is 202 Å². The first-order chi connectivity index (χ1) is 16.6. The first-order valence-corrected chi connectivity index (χ1v) is 11.5. The largest absolute Gasteiger partial charge is 0.493 e. The number of benzene rings is 3. The highest BCUT2D eigenvalue weighted by Gasteiger charge is 2.12. The summed E-state index contributed by atoms with van der Waals surface area (Å²) in [5.41, 5.74) is 4.85. The molecule has 6 heteroatoms. The van der Waals surface area contributed by atoms with E-state index in [-0.39, 0.29) is 12.4 Å². The number of rotatable bonds is 8. The Morgan fingerprint density at radius 3 is 2.53 bits per heavy atom. The predicted octanol–water partition coefficient (Wildman–Crippen LogP) is 6.45. The van der Waals surface area contributed by atoms with Crippen LogP contribution in [0.2, 0.25) is 0 Å². The smallest absolute Gasteiger partial charge is 0.200 e. The van der Waals surface area contributed by atoms with E-state index >= 15 is 0 Å². The molecule has 5 nitrogen and oxygen atoms in total. The fourth-order valence-electron chi connectivity index (χ4n) is 3.31. The number of nitrogens with zero attached hydrogens (tertiary/aromatic N) is 2. The maximum Gasteiger partial charge on any atom is 0.200 e. The molecule has 1 heterocycles. The molecule has 0 amide bonds. The van der Waals surface area contributed by atoms with Gasteiger partial charge in [-0.2, -0.15) is 5.26 Å². The molecule has 3 aromatic carbocycles. The second-order valence-corrected chi connectivity index (χ2v) is 8.42. The van der Waals surface area contributed by atoms with Crippen LogP contribution in [0.15, 0.2) is 78.2 Å². The number of ether oxygens (including phenoxy) is 2. The molecule has 0 atom stereocenters. The van der Waals surface area contributed by atoms with Crippen LogP contribution in [0.1, 0.15) is 26.5 Å². The van der Waals surface area contributed by atoms with Gasteiger partial charge in [-0.3, -0.25) is 4.79 Å². The molecular formula is C28H22N2O3S. The first kappa shape index (κ1) is 23.0. The van der Waals surface area contributed by atoms with Crippen molar-refractivity contribution in [1.82, 2.24) is 4.98 Å². The van der Waals surface area contributed by atoms with E-state index in [2.05, 4.69) is 11.1 Å². The summed E-state index contributed by atoms with van der Waals surface area (Å²) >= 11 is 1.43. The molecule has 0 aliphatic carbocycles. The molecule has 34 heavy (non-hydrogen) atoms. The SMILES string of the molecule is COc1cc(C=C(C#N)c2nc(-c3ccc(C)cc3)cs2)ccc1OCC(=O)c1ccccc1. The minimum atomic E-state index is -0.119. The summed E-state index contributed by atoms with van der Waals surface area (Å²) in [7, 11) is 1.54. The third-order valence-corrected chi connectivity index (χ3v) is 6.03. The minimum absolute atomic E-state index is 0.0973.